The molecule has 2 heterocycles. The van der Waals surface area contributed by atoms with E-state index in [1.807, 2.05) is 13.8 Å². The van der Waals surface area contributed by atoms with Gasteiger partial charge in [-0.2, -0.15) is 0 Å². The van der Waals surface area contributed by atoms with Crippen LogP contribution in [-0.4, -0.2) is 12.1 Å². The molecule has 0 spiro atoms. The second kappa shape index (κ2) is 2.83. The average molecular weight is 188 g/mol. The molecule has 4 heteroatoms. The van der Waals surface area contributed by atoms with E-state index in [1.165, 1.54) is 0 Å². The molecule has 0 atom stereocenters. The Hall–Kier alpha value is -0.960. The molecule has 0 N–H and O–H groups in total. The lowest BCUT2D eigenvalue weighted by Crippen LogP contribution is -1.87. The van der Waals surface area contributed by atoms with Crippen molar-refractivity contribution in [3.8, 4) is 17.2 Å². The summed E-state index contributed by atoms with van der Waals surface area (Å²) in [7, 11) is 1.63. The van der Waals surface area contributed by atoms with E-state index in [1.54, 1.807) is 7.11 Å². The van der Waals surface area contributed by atoms with Crippen LogP contribution >= 0.6 is 12.4 Å². The van der Waals surface area contributed by atoms with Crippen LogP contribution in [0.2, 0.25) is 0 Å². The summed E-state index contributed by atoms with van der Waals surface area (Å²) in [6.45, 7) is 3.84. The van der Waals surface area contributed by atoms with Crippen molar-refractivity contribution in [2.45, 2.75) is 13.8 Å². The number of halogens is 1. The van der Waals surface area contributed by atoms with Crippen LogP contribution in [0.5, 0.6) is 17.2 Å². The lowest BCUT2D eigenvalue weighted by molar-refractivity contribution is 0.403. The highest BCUT2D eigenvalue weighted by atomic mass is 35.5. The van der Waals surface area contributed by atoms with Gasteiger partial charge in [-0.15, -0.1) is 12.4 Å². The van der Waals surface area contributed by atoms with Gasteiger partial charge in [0.1, 0.15) is 0 Å². The summed E-state index contributed by atoms with van der Waals surface area (Å²) in [4.78, 5) is 4.25. The lowest BCUT2D eigenvalue weighted by Gasteiger charge is -1.98. The Morgan fingerprint density at radius 3 is 2.42 bits per heavy atom. The number of nitrogens with zero attached hydrogens (tertiary/aromatic N) is 1. The maximum atomic E-state index is 5.18. The Kier molecular flexibility index (Phi) is 2.15. The van der Waals surface area contributed by atoms with Crippen LogP contribution in [-0.2, 0) is 0 Å². The fraction of sp³-hybridized carbons (Fsp3) is 0.375. The molecule has 66 valence electrons. The quantitative estimate of drug-likeness (QED) is 0.643. The Bertz CT molecular complexity index is 322. The molecule has 12 heavy (non-hydrogen) atoms. The molecule has 3 nitrogen and oxygen atoms in total. The van der Waals surface area contributed by atoms with Gasteiger partial charge < -0.3 is 9.47 Å². The minimum absolute atomic E-state index is 0. The normalized spacial score (nSPS) is 10.9. The Morgan fingerprint density at radius 2 is 1.83 bits per heavy atom. The van der Waals surface area contributed by atoms with E-state index in [0.717, 1.165) is 28.6 Å². The van der Waals surface area contributed by atoms with Crippen molar-refractivity contribution in [2.75, 3.05) is 7.11 Å². The van der Waals surface area contributed by atoms with Gasteiger partial charge in [0.05, 0.1) is 18.5 Å². The van der Waals surface area contributed by atoms with Crippen molar-refractivity contribution in [2.24, 2.45) is 0 Å². The third-order valence-electron chi connectivity index (χ3n) is 1.77. The van der Waals surface area contributed by atoms with E-state index in [2.05, 4.69) is 4.98 Å². The van der Waals surface area contributed by atoms with E-state index in [9.17, 15) is 0 Å². The summed E-state index contributed by atoms with van der Waals surface area (Å²) in [6, 6.07) is 0. The summed E-state index contributed by atoms with van der Waals surface area (Å²) in [5.41, 5.74) is 1.83. The molecule has 0 bridgehead atoms. The highest BCUT2D eigenvalue weighted by molar-refractivity contribution is 5.85. The fourth-order valence-electron chi connectivity index (χ4n) is 1.22. The molecule has 0 aromatic carbocycles. The second-order valence-corrected chi connectivity index (χ2v) is 2.58. The number of methoxy groups -OCH3 is 1. The largest absolute Gasteiger partial charge is 0.491 e. The Morgan fingerprint density at radius 1 is 1.17 bits per heavy atom. The van der Waals surface area contributed by atoms with Crippen LogP contribution in [0.15, 0.2) is 0 Å². The molecular weight excluding hydrogens is 178 g/mol. The molecule has 0 fully saturated rings. The van der Waals surface area contributed by atoms with Crippen molar-refractivity contribution in [3.63, 3.8) is 0 Å². The fourth-order valence-corrected chi connectivity index (χ4v) is 1.22. The van der Waals surface area contributed by atoms with Crippen LogP contribution in [0.3, 0.4) is 0 Å². The van der Waals surface area contributed by atoms with Gasteiger partial charge in [-0.25, -0.2) is 0 Å². The Labute approximate surface area is 77.1 Å². The maximum absolute atomic E-state index is 5.18. The number of rotatable bonds is 1. The smallest absolute Gasteiger partial charge is 0.215 e. The molecule has 0 radical (unpaired) electrons. The SMILES string of the molecule is COc1c(C)nc(C)c2c1O2.Cl. The minimum atomic E-state index is 0. The molecule has 1 aromatic heterocycles. The van der Waals surface area contributed by atoms with Gasteiger partial charge in [-0.05, 0) is 13.8 Å². The minimum Gasteiger partial charge on any atom is -0.491 e. The third-order valence-corrected chi connectivity index (χ3v) is 1.77. The van der Waals surface area contributed by atoms with Crippen molar-refractivity contribution in [1.82, 2.24) is 4.98 Å². The average Bonchev–Trinajstić information content (AvgIpc) is 2.67. The van der Waals surface area contributed by atoms with E-state index >= 15 is 0 Å². The van der Waals surface area contributed by atoms with Gasteiger partial charge in [-0.3, -0.25) is 4.98 Å². The molecular formula is C8H10ClNO2. The predicted molar refractivity (Wildman–Crippen MR) is 47.6 cm³/mol. The molecule has 2 rings (SSSR count). The first-order chi connectivity index (χ1) is 5.24. The number of ether oxygens (including phenoxy) is 2. The molecule has 0 aliphatic carbocycles. The number of hydrogen-bond acceptors (Lipinski definition) is 3. The summed E-state index contributed by atoms with van der Waals surface area (Å²) in [5, 5.41) is 0. The number of pyridine rings is 1. The number of aromatic nitrogens is 1. The molecule has 0 saturated carbocycles. The van der Waals surface area contributed by atoms with Crippen LogP contribution in [0.4, 0.5) is 0 Å². The van der Waals surface area contributed by atoms with Gasteiger partial charge in [0, 0.05) is 0 Å². The highest BCUT2D eigenvalue weighted by Gasteiger charge is 2.31. The maximum Gasteiger partial charge on any atom is 0.215 e. The van der Waals surface area contributed by atoms with E-state index in [-0.39, 0.29) is 12.4 Å². The number of aryl methyl sites for hydroxylation is 2. The molecule has 1 aliphatic rings. The van der Waals surface area contributed by atoms with Crippen molar-refractivity contribution >= 4 is 12.4 Å². The van der Waals surface area contributed by atoms with Gasteiger partial charge in [0.15, 0.2) is 11.5 Å². The topological polar surface area (TPSA) is 34.6 Å². The zero-order valence-electron chi connectivity index (χ0n) is 7.17. The second-order valence-electron chi connectivity index (χ2n) is 2.58. The van der Waals surface area contributed by atoms with Crippen LogP contribution in [0.25, 0.3) is 0 Å². The summed E-state index contributed by atoms with van der Waals surface area (Å²) in [5.74, 6) is 2.51. The van der Waals surface area contributed by atoms with Crippen LogP contribution in [0, 0.1) is 13.8 Å². The molecule has 0 saturated heterocycles. The van der Waals surface area contributed by atoms with Gasteiger partial charge >= 0.3 is 0 Å². The van der Waals surface area contributed by atoms with Crippen LogP contribution < -0.4 is 9.47 Å². The first-order valence-corrected chi connectivity index (χ1v) is 3.47. The number of fused-ring (bicyclic) bond motifs is 1. The van der Waals surface area contributed by atoms with E-state index in [4.69, 9.17) is 9.47 Å². The third kappa shape index (κ3) is 1.10. The first kappa shape index (κ1) is 9.13. The van der Waals surface area contributed by atoms with Gasteiger partial charge in [0.2, 0.25) is 5.75 Å². The summed E-state index contributed by atoms with van der Waals surface area (Å²) >= 11 is 0. The summed E-state index contributed by atoms with van der Waals surface area (Å²) < 4.78 is 10.3. The van der Waals surface area contributed by atoms with Gasteiger partial charge in [0.25, 0.3) is 0 Å². The first-order valence-electron chi connectivity index (χ1n) is 3.47. The molecule has 0 unspecified atom stereocenters. The zero-order valence-corrected chi connectivity index (χ0v) is 7.99. The van der Waals surface area contributed by atoms with Crippen molar-refractivity contribution < 1.29 is 9.47 Å². The Balaban J connectivity index is 0.000000720. The lowest BCUT2D eigenvalue weighted by atomic mass is 10.3. The van der Waals surface area contributed by atoms with Crippen molar-refractivity contribution in [1.29, 1.82) is 0 Å². The van der Waals surface area contributed by atoms with E-state index < -0.39 is 0 Å². The monoisotopic (exact) mass is 187 g/mol. The zero-order chi connectivity index (χ0) is 8.01. The number of hydrogen-bond donors (Lipinski definition) is 0. The molecule has 1 aromatic rings. The van der Waals surface area contributed by atoms with Gasteiger partial charge in [-0.1, -0.05) is 0 Å². The van der Waals surface area contributed by atoms with Crippen molar-refractivity contribution in [3.05, 3.63) is 11.4 Å². The highest BCUT2D eigenvalue weighted by Crippen LogP contribution is 2.54. The predicted octanol–water partition coefficient (Wildman–Crippen LogP) is 2.23. The summed E-state index contributed by atoms with van der Waals surface area (Å²) in [6.07, 6.45) is 0. The molecule has 1 aliphatic heterocycles. The van der Waals surface area contributed by atoms with Crippen LogP contribution in [0.1, 0.15) is 11.4 Å². The standard InChI is InChI=1S/C8H9NO2.ClH/c1-4-6(10-3)8-7(11-8)5(2)9-4;/h1-3H3;1H. The van der Waals surface area contributed by atoms with E-state index in [0.29, 0.717) is 0 Å². The molecule has 0 amide bonds.